The van der Waals surface area contributed by atoms with Crippen molar-refractivity contribution in [3.63, 3.8) is 0 Å². The van der Waals surface area contributed by atoms with Crippen molar-refractivity contribution in [3.05, 3.63) is 32.5 Å². The summed E-state index contributed by atoms with van der Waals surface area (Å²) < 4.78 is 0.930. The van der Waals surface area contributed by atoms with Gasteiger partial charge >= 0.3 is 0 Å². The van der Waals surface area contributed by atoms with Crippen LogP contribution < -0.4 is 5.56 Å². The van der Waals surface area contributed by atoms with Crippen molar-refractivity contribution >= 4 is 26.8 Å². The second kappa shape index (κ2) is 2.92. The number of aromatic amines is 1. The minimum Gasteiger partial charge on any atom is -0.267 e. The standard InChI is InChI=1S/C8H6BrN3O/c1-4-2-5-7(3-6(4)9)10-12-11-8(5)13/h2-3H,1H3,(H,10,11,13). The molecule has 0 amide bonds. The zero-order valence-electron chi connectivity index (χ0n) is 6.84. The summed E-state index contributed by atoms with van der Waals surface area (Å²) in [4.78, 5) is 11.3. The second-order valence-electron chi connectivity index (χ2n) is 2.76. The molecule has 1 N–H and O–H groups in total. The van der Waals surface area contributed by atoms with Gasteiger partial charge in [-0.25, -0.2) is 5.10 Å². The van der Waals surface area contributed by atoms with Gasteiger partial charge in [0, 0.05) is 4.47 Å². The number of rotatable bonds is 0. The summed E-state index contributed by atoms with van der Waals surface area (Å²) in [5.41, 5.74) is 1.40. The van der Waals surface area contributed by atoms with Crippen LogP contribution in [0.1, 0.15) is 5.56 Å². The molecule has 0 saturated heterocycles. The van der Waals surface area contributed by atoms with Gasteiger partial charge < -0.3 is 0 Å². The van der Waals surface area contributed by atoms with E-state index >= 15 is 0 Å². The Bertz CT molecular complexity index is 520. The highest BCUT2D eigenvalue weighted by Crippen LogP contribution is 2.19. The molecular formula is C8H6BrN3O. The third-order valence-corrected chi connectivity index (χ3v) is 2.69. The average Bonchev–Trinajstić information content (AvgIpc) is 2.09. The molecule has 13 heavy (non-hydrogen) atoms. The van der Waals surface area contributed by atoms with Crippen molar-refractivity contribution < 1.29 is 0 Å². The number of hydrogen-bond acceptors (Lipinski definition) is 3. The number of benzene rings is 1. The van der Waals surface area contributed by atoms with Crippen molar-refractivity contribution in [2.24, 2.45) is 0 Å². The summed E-state index contributed by atoms with van der Waals surface area (Å²) in [6.45, 7) is 1.92. The fourth-order valence-corrected chi connectivity index (χ4v) is 1.45. The molecule has 2 rings (SSSR count). The Kier molecular flexibility index (Phi) is 1.88. The number of nitrogens with zero attached hydrogens (tertiary/aromatic N) is 2. The quantitative estimate of drug-likeness (QED) is 0.756. The van der Waals surface area contributed by atoms with Crippen molar-refractivity contribution in [2.75, 3.05) is 0 Å². The molecule has 5 heteroatoms. The minimum absolute atomic E-state index is 0.208. The summed E-state index contributed by atoms with van der Waals surface area (Å²) in [5, 5.41) is 10.1. The van der Waals surface area contributed by atoms with Crippen LogP contribution in [0.5, 0.6) is 0 Å². The first kappa shape index (κ1) is 8.37. The van der Waals surface area contributed by atoms with Gasteiger partial charge in [0.1, 0.15) is 5.52 Å². The summed E-state index contributed by atoms with van der Waals surface area (Å²) in [5.74, 6) is 0. The minimum atomic E-state index is -0.208. The number of aromatic nitrogens is 3. The SMILES string of the molecule is Cc1cc2c(=O)[nH]nnc2cc1Br. The molecule has 0 aliphatic carbocycles. The van der Waals surface area contributed by atoms with Crippen LogP contribution in [0.4, 0.5) is 0 Å². The monoisotopic (exact) mass is 239 g/mol. The second-order valence-corrected chi connectivity index (χ2v) is 3.61. The van der Waals surface area contributed by atoms with E-state index in [2.05, 4.69) is 31.3 Å². The third-order valence-electron chi connectivity index (χ3n) is 1.83. The van der Waals surface area contributed by atoms with E-state index in [1.165, 1.54) is 0 Å². The van der Waals surface area contributed by atoms with Crippen LogP contribution in [0, 0.1) is 6.92 Å². The number of hydrogen-bond donors (Lipinski definition) is 1. The fourth-order valence-electron chi connectivity index (χ4n) is 1.12. The van der Waals surface area contributed by atoms with E-state index in [9.17, 15) is 4.79 Å². The first-order chi connectivity index (χ1) is 6.18. The summed E-state index contributed by atoms with van der Waals surface area (Å²) in [6, 6.07) is 3.57. The molecule has 1 aromatic heterocycles. The lowest BCUT2D eigenvalue weighted by molar-refractivity contribution is 0.872. The van der Waals surface area contributed by atoms with Gasteiger partial charge in [-0.2, -0.15) is 0 Å². The van der Waals surface area contributed by atoms with E-state index < -0.39 is 0 Å². The first-order valence-electron chi connectivity index (χ1n) is 3.70. The van der Waals surface area contributed by atoms with Gasteiger partial charge in [0.25, 0.3) is 5.56 Å². The van der Waals surface area contributed by atoms with Gasteiger partial charge in [-0.1, -0.05) is 21.1 Å². The average molecular weight is 240 g/mol. The zero-order valence-corrected chi connectivity index (χ0v) is 8.42. The number of aryl methyl sites for hydroxylation is 1. The first-order valence-corrected chi connectivity index (χ1v) is 4.49. The van der Waals surface area contributed by atoms with Crippen molar-refractivity contribution in [3.8, 4) is 0 Å². The zero-order chi connectivity index (χ0) is 9.42. The number of H-pyrrole nitrogens is 1. The molecule has 0 saturated carbocycles. The van der Waals surface area contributed by atoms with Crippen LogP contribution in [0.15, 0.2) is 21.4 Å². The summed E-state index contributed by atoms with van der Waals surface area (Å²) >= 11 is 3.36. The lowest BCUT2D eigenvalue weighted by Gasteiger charge is -1.98. The number of nitrogens with one attached hydrogen (secondary N) is 1. The normalized spacial score (nSPS) is 10.6. The molecular weight excluding hydrogens is 234 g/mol. The van der Waals surface area contributed by atoms with Crippen LogP contribution in [0.2, 0.25) is 0 Å². The fraction of sp³-hybridized carbons (Fsp3) is 0.125. The van der Waals surface area contributed by atoms with Crippen LogP contribution in [-0.4, -0.2) is 15.4 Å². The Morgan fingerprint density at radius 2 is 2.23 bits per heavy atom. The molecule has 4 nitrogen and oxygen atoms in total. The number of fused-ring (bicyclic) bond motifs is 1. The Balaban J connectivity index is 2.97. The molecule has 0 radical (unpaired) electrons. The molecule has 66 valence electrons. The molecule has 0 aliphatic heterocycles. The van der Waals surface area contributed by atoms with E-state index in [1.807, 2.05) is 6.92 Å². The van der Waals surface area contributed by atoms with Crippen LogP contribution >= 0.6 is 15.9 Å². The third kappa shape index (κ3) is 1.35. The maximum atomic E-state index is 11.3. The molecule has 1 heterocycles. The van der Waals surface area contributed by atoms with Crippen LogP contribution in [0.3, 0.4) is 0 Å². The Hall–Kier alpha value is -1.23. The maximum Gasteiger partial charge on any atom is 0.275 e. The van der Waals surface area contributed by atoms with E-state index in [0.29, 0.717) is 10.9 Å². The van der Waals surface area contributed by atoms with E-state index in [0.717, 1.165) is 10.0 Å². The van der Waals surface area contributed by atoms with Crippen molar-refractivity contribution in [1.29, 1.82) is 0 Å². The van der Waals surface area contributed by atoms with Gasteiger partial charge in [-0.15, -0.1) is 5.10 Å². The molecule has 0 unspecified atom stereocenters. The van der Waals surface area contributed by atoms with Crippen LogP contribution in [0.25, 0.3) is 10.9 Å². The Morgan fingerprint density at radius 3 is 3.00 bits per heavy atom. The Morgan fingerprint density at radius 1 is 1.46 bits per heavy atom. The highest BCUT2D eigenvalue weighted by molar-refractivity contribution is 9.10. The molecule has 0 bridgehead atoms. The lowest BCUT2D eigenvalue weighted by Crippen LogP contribution is -2.09. The topological polar surface area (TPSA) is 58.6 Å². The Labute approximate surface area is 82.1 Å². The van der Waals surface area contributed by atoms with Gasteiger partial charge in [-0.3, -0.25) is 4.79 Å². The summed E-state index contributed by atoms with van der Waals surface area (Å²) in [7, 11) is 0. The molecule has 0 atom stereocenters. The molecule has 0 fully saturated rings. The molecule has 0 aliphatic rings. The maximum absolute atomic E-state index is 11.3. The number of halogens is 1. The predicted octanol–water partition coefficient (Wildman–Crippen LogP) is 1.39. The molecule has 2 aromatic rings. The van der Waals surface area contributed by atoms with Crippen molar-refractivity contribution in [2.45, 2.75) is 6.92 Å². The molecule has 0 spiro atoms. The summed E-state index contributed by atoms with van der Waals surface area (Å²) in [6.07, 6.45) is 0. The van der Waals surface area contributed by atoms with Gasteiger partial charge in [-0.05, 0) is 24.6 Å². The highest BCUT2D eigenvalue weighted by atomic mass is 79.9. The largest absolute Gasteiger partial charge is 0.275 e. The van der Waals surface area contributed by atoms with E-state index in [-0.39, 0.29) is 5.56 Å². The van der Waals surface area contributed by atoms with Gasteiger partial charge in [0.2, 0.25) is 0 Å². The molecule has 1 aromatic carbocycles. The van der Waals surface area contributed by atoms with E-state index in [4.69, 9.17) is 0 Å². The predicted molar refractivity (Wildman–Crippen MR) is 52.6 cm³/mol. The van der Waals surface area contributed by atoms with E-state index in [1.54, 1.807) is 12.1 Å². The van der Waals surface area contributed by atoms with Crippen LogP contribution in [-0.2, 0) is 0 Å². The highest BCUT2D eigenvalue weighted by Gasteiger charge is 2.02. The van der Waals surface area contributed by atoms with Gasteiger partial charge in [0.05, 0.1) is 5.39 Å². The lowest BCUT2D eigenvalue weighted by atomic mass is 10.2. The van der Waals surface area contributed by atoms with Gasteiger partial charge in [0.15, 0.2) is 0 Å². The van der Waals surface area contributed by atoms with Crippen molar-refractivity contribution in [1.82, 2.24) is 15.4 Å². The smallest absolute Gasteiger partial charge is 0.267 e.